The van der Waals surface area contributed by atoms with Crippen LogP contribution in [0.3, 0.4) is 0 Å². The highest BCUT2D eigenvalue weighted by molar-refractivity contribution is 5.98. The van der Waals surface area contributed by atoms with E-state index in [1.165, 1.54) is 29.2 Å². The van der Waals surface area contributed by atoms with E-state index < -0.39 is 34.9 Å². The predicted octanol–water partition coefficient (Wildman–Crippen LogP) is 1.02. The number of nitrogens with two attached hydrogens (primary N) is 3. The Morgan fingerprint density at radius 2 is 1.77 bits per heavy atom. The van der Waals surface area contributed by atoms with Crippen LogP contribution in [0, 0.1) is 10.1 Å². The highest BCUT2D eigenvalue weighted by atomic mass is 16.6. The smallest absolute Gasteiger partial charge is 0.269 e. The van der Waals surface area contributed by atoms with Gasteiger partial charge >= 0.3 is 0 Å². The fourth-order valence-corrected chi connectivity index (χ4v) is 4.57. The number of benzene rings is 2. The highest BCUT2D eigenvalue weighted by Gasteiger charge is 2.36. The Kier molecular flexibility index (Phi) is 10.9. The third-order valence-electron chi connectivity index (χ3n) is 6.63. The molecule has 3 atom stereocenters. The van der Waals surface area contributed by atoms with E-state index in [-0.39, 0.29) is 30.5 Å². The number of piperidine rings is 1. The zero-order valence-corrected chi connectivity index (χ0v) is 22.2. The third kappa shape index (κ3) is 8.76. The molecule has 1 fully saturated rings. The average molecular weight is 553 g/mol. The molecule has 2 aromatic carbocycles. The quantitative estimate of drug-likeness (QED) is 0.0841. The summed E-state index contributed by atoms with van der Waals surface area (Å²) in [5, 5.41) is 16.4. The molecule has 0 aliphatic carbocycles. The molecule has 2 unspecified atom stereocenters. The standard InChI is InChI=1S/C27H36N8O5/c28-21(17-18-7-2-1-3-8-18)26(38)34-16-5-4-10-23(34)25(37)33-22(9-6-15-31-27(29)30)24(36)32-19-11-13-20(14-12-19)35(39)40/h1-3,7-8,11-14,21-23H,4-6,9-10,15-17,28H2,(H,32,36)(H,33,37)(H4,29,30,31)/t21?,22-,23?/m0/s1. The van der Waals surface area contributed by atoms with Crippen molar-refractivity contribution in [3.8, 4) is 0 Å². The van der Waals surface area contributed by atoms with Gasteiger partial charge in [-0.1, -0.05) is 30.3 Å². The van der Waals surface area contributed by atoms with Gasteiger partial charge in [-0.3, -0.25) is 29.5 Å². The zero-order chi connectivity index (χ0) is 29.1. The first-order valence-electron chi connectivity index (χ1n) is 13.2. The van der Waals surface area contributed by atoms with E-state index in [0.717, 1.165) is 18.4 Å². The molecule has 0 saturated carbocycles. The highest BCUT2D eigenvalue weighted by Crippen LogP contribution is 2.20. The molecule has 0 bridgehead atoms. The number of aliphatic imine (C=N–C) groups is 1. The number of nitro benzene ring substituents is 1. The first kappa shape index (κ1) is 30.0. The Bertz CT molecular complexity index is 1200. The van der Waals surface area contributed by atoms with Crippen molar-refractivity contribution in [2.24, 2.45) is 22.2 Å². The summed E-state index contributed by atoms with van der Waals surface area (Å²) >= 11 is 0. The van der Waals surface area contributed by atoms with Gasteiger partial charge < -0.3 is 32.7 Å². The van der Waals surface area contributed by atoms with Gasteiger partial charge in [0.15, 0.2) is 5.96 Å². The summed E-state index contributed by atoms with van der Waals surface area (Å²) in [5.41, 5.74) is 18.2. The predicted molar refractivity (Wildman–Crippen MR) is 151 cm³/mol. The van der Waals surface area contributed by atoms with Gasteiger partial charge in [0.2, 0.25) is 17.7 Å². The Balaban J connectivity index is 1.71. The average Bonchev–Trinajstić information content (AvgIpc) is 2.94. The second kappa shape index (κ2) is 14.6. The minimum Gasteiger partial charge on any atom is -0.370 e. The Labute approximate surface area is 232 Å². The zero-order valence-electron chi connectivity index (χ0n) is 22.2. The largest absolute Gasteiger partial charge is 0.370 e. The van der Waals surface area contributed by atoms with Crippen LogP contribution in [0.5, 0.6) is 0 Å². The lowest BCUT2D eigenvalue weighted by atomic mass is 9.98. The number of hydrogen-bond acceptors (Lipinski definition) is 7. The topological polar surface area (TPSA) is 212 Å². The fourth-order valence-electron chi connectivity index (χ4n) is 4.57. The Morgan fingerprint density at radius 3 is 2.42 bits per heavy atom. The molecule has 2 aromatic rings. The minimum absolute atomic E-state index is 0.0841. The van der Waals surface area contributed by atoms with E-state index in [4.69, 9.17) is 17.2 Å². The lowest BCUT2D eigenvalue weighted by Crippen LogP contribution is -2.58. The molecule has 1 heterocycles. The molecular weight excluding hydrogens is 516 g/mol. The minimum atomic E-state index is -0.964. The van der Waals surface area contributed by atoms with Crippen molar-refractivity contribution in [1.29, 1.82) is 0 Å². The van der Waals surface area contributed by atoms with Crippen molar-refractivity contribution >= 4 is 35.1 Å². The molecular formula is C27H36N8O5. The first-order valence-corrected chi connectivity index (χ1v) is 13.2. The first-order chi connectivity index (χ1) is 19.2. The van der Waals surface area contributed by atoms with E-state index in [2.05, 4.69) is 15.6 Å². The van der Waals surface area contributed by atoms with Crippen molar-refractivity contribution < 1.29 is 19.3 Å². The van der Waals surface area contributed by atoms with Crippen LogP contribution in [0.25, 0.3) is 0 Å². The lowest BCUT2D eigenvalue weighted by Gasteiger charge is -2.37. The van der Waals surface area contributed by atoms with Gasteiger partial charge in [0, 0.05) is 30.9 Å². The van der Waals surface area contributed by atoms with Gasteiger partial charge in [-0.15, -0.1) is 0 Å². The second-order valence-electron chi connectivity index (χ2n) is 9.64. The van der Waals surface area contributed by atoms with Crippen LogP contribution in [0.4, 0.5) is 11.4 Å². The number of nitrogens with zero attached hydrogens (tertiary/aromatic N) is 3. The maximum absolute atomic E-state index is 13.5. The van der Waals surface area contributed by atoms with E-state index >= 15 is 0 Å². The van der Waals surface area contributed by atoms with E-state index in [9.17, 15) is 24.5 Å². The summed E-state index contributed by atoms with van der Waals surface area (Å²) in [6, 6.07) is 12.2. The van der Waals surface area contributed by atoms with Crippen LogP contribution in [0.15, 0.2) is 59.6 Å². The second-order valence-corrected chi connectivity index (χ2v) is 9.64. The molecule has 3 rings (SSSR count). The summed E-state index contributed by atoms with van der Waals surface area (Å²) in [7, 11) is 0. The molecule has 0 radical (unpaired) electrons. The Hall–Kier alpha value is -4.52. The van der Waals surface area contributed by atoms with Crippen molar-refractivity contribution in [2.45, 2.75) is 56.7 Å². The number of guanidine groups is 1. The molecule has 1 aliphatic rings. The van der Waals surface area contributed by atoms with Gasteiger partial charge in [-0.2, -0.15) is 0 Å². The van der Waals surface area contributed by atoms with E-state index in [1.54, 1.807) is 0 Å². The third-order valence-corrected chi connectivity index (χ3v) is 6.63. The summed E-state index contributed by atoms with van der Waals surface area (Å²) in [6.07, 6.45) is 2.90. The summed E-state index contributed by atoms with van der Waals surface area (Å²) < 4.78 is 0. The molecule has 3 amide bonds. The number of anilines is 1. The summed E-state index contributed by atoms with van der Waals surface area (Å²) in [6.45, 7) is 0.644. The van der Waals surface area contributed by atoms with Gasteiger partial charge in [0.1, 0.15) is 12.1 Å². The van der Waals surface area contributed by atoms with Crippen LogP contribution in [-0.2, 0) is 20.8 Å². The Morgan fingerprint density at radius 1 is 1.07 bits per heavy atom. The summed E-state index contributed by atoms with van der Waals surface area (Å²) in [5.74, 6) is -1.37. The molecule has 0 spiro atoms. The van der Waals surface area contributed by atoms with Gasteiger partial charge in [-0.25, -0.2) is 0 Å². The molecule has 1 saturated heterocycles. The molecule has 0 aromatic heterocycles. The number of amides is 3. The number of non-ortho nitro benzene ring substituents is 1. The fraction of sp³-hybridized carbons (Fsp3) is 0.407. The molecule has 40 heavy (non-hydrogen) atoms. The number of nitro groups is 1. The van der Waals surface area contributed by atoms with Crippen LogP contribution in [0.1, 0.15) is 37.7 Å². The van der Waals surface area contributed by atoms with Crippen molar-refractivity contribution in [2.75, 3.05) is 18.4 Å². The number of hydrogen-bond donors (Lipinski definition) is 5. The molecule has 1 aliphatic heterocycles. The molecule has 214 valence electrons. The summed E-state index contributed by atoms with van der Waals surface area (Å²) in [4.78, 5) is 55.7. The molecule has 8 N–H and O–H groups in total. The van der Waals surface area contributed by atoms with Crippen molar-refractivity contribution in [1.82, 2.24) is 10.2 Å². The van der Waals surface area contributed by atoms with Crippen LogP contribution < -0.4 is 27.8 Å². The van der Waals surface area contributed by atoms with Crippen molar-refractivity contribution in [3.63, 3.8) is 0 Å². The van der Waals surface area contributed by atoms with E-state index in [0.29, 0.717) is 31.5 Å². The van der Waals surface area contributed by atoms with Gasteiger partial charge in [-0.05, 0) is 56.2 Å². The maximum atomic E-state index is 13.5. The van der Waals surface area contributed by atoms with Crippen LogP contribution >= 0.6 is 0 Å². The lowest BCUT2D eigenvalue weighted by molar-refractivity contribution is -0.384. The van der Waals surface area contributed by atoms with Crippen molar-refractivity contribution in [3.05, 3.63) is 70.3 Å². The number of rotatable bonds is 12. The van der Waals surface area contributed by atoms with Gasteiger partial charge in [0.25, 0.3) is 5.69 Å². The number of carbonyl (C=O) groups is 3. The number of likely N-dealkylation sites (tertiary alicyclic amines) is 1. The number of nitrogens with one attached hydrogen (secondary N) is 2. The number of carbonyl (C=O) groups excluding carboxylic acids is 3. The van der Waals surface area contributed by atoms with Crippen LogP contribution in [-0.4, -0.2) is 64.7 Å². The van der Waals surface area contributed by atoms with E-state index in [1.807, 2.05) is 30.3 Å². The monoisotopic (exact) mass is 552 g/mol. The van der Waals surface area contributed by atoms with Gasteiger partial charge in [0.05, 0.1) is 11.0 Å². The van der Waals surface area contributed by atoms with Crippen LogP contribution in [0.2, 0.25) is 0 Å². The molecule has 13 nitrogen and oxygen atoms in total. The maximum Gasteiger partial charge on any atom is 0.269 e. The normalized spacial score (nSPS) is 16.3. The SMILES string of the molecule is NC(N)=NCCC[C@H](NC(=O)C1CCCCN1C(=O)C(N)Cc1ccccc1)C(=O)Nc1ccc([N+](=O)[O-])cc1. The molecule has 13 heteroatoms.